The SMILES string of the molecule is COCOc1ccc2c(c1OC)OC(c1ccc(OCCCCOC3CCCCO3)cc1)CC2=O. The Hall–Kier alpha value is -2.81. The third kappa shape index (κ3) is 6.66. The quantitative estimate of drug-likeness (QED) is 0.303. The summed E-state index contributed by atoms with van der Waals surface area (Å²) in [5.41, 5.74) is 1.38. The molecule has 0 spiro atoms. The molecule has 1 fully saturated rings. The van der Waals surface area contributed by atoms with Crippen LogP contribution in [-0.2, 0) is 14.2 Å². The fraction of sp³-hybridized carbons (Fsp3) is 0.519. The van der Waals surface area contributed by atoms with Gasteiger partial charge >= 0.3 is 0 Å². The molecule has 0 radical (unpaired) electrons. The fourth-order valence-corrected chi connectivity index (χ4v) is 4.19. The summed E-state index contributed by atoms with van der Waals surface area (Å²) in [6.07, 6.45) is 4.90. The molecule has 2 unspecified atom stereocenters. The monoisotopic (exact) mass is 486 g/mol. The predicted octanol–water partition coefficient (Wildman–Crippen LogP) is 5.09. The smallest absolute Gasteiger partial charge is 0.204 e. The summed E-state index contributed by atoms with van der Waals surface area (Å²) in [5, 5.41) is 0. The van der Waals surface area contributed by atoms with Gasteiger partial charge in [-0.15, -0.1) is 0 Å². The minimum atomic E-state index is -0.421. The van der Waals surface area contributed by atoms with Crippen LogP contribution in [0.25, 0.3) is 0 Å². The van der Waals surface area contributed by atoms with Gasteiger partial charge in [0.05, 0.1) is 25.7 Å². The predicted molar refractivity (Wildman–Crippen MR) is 129 cm³/mol. The molecular weight excluding hydrogens is 452 g/mol. The van der Waals surface area contributed by atoms with E-state index >= 15 is 0 Å². The molecule has 190 valence electrons. The van der Waals surface area contributed by atoms with Crippen LogP contribution in [0.1, 0.15) is 60.6 Å². The molecule has 1 saturated heterocycles. The second kappa shape index (κ2) is 12.8. The lowest BCUT2D eigenvalue weighted by Crippen LogP contribution is -2.22. The lowest BCUT2D eigenvalue weighted by Gasteiger charge is -2.27. The van der Waals surface area contributed by atoms with Gasteiger partial charge in [0.2, 0.25) is 5.75 Å². The van der Waals surface area contributed by atoms with E-state index in [0.717, 1.165) is 43.6 Å². The van der Waals surface area contributed by atoms with Gasteiger partial charge in [-0.25, -0.2) is 0 Å². The van der Waals surface area contributed by atoms with Crippen molar-refractivity contribution in [3.63, 3.8) is 0 Å². The maximum absolute atomic E-state index is 12.8. The fourth-order valence-electron chi connectivity index (χ4n) is 4.19. The molecule has 0 N–H and O–H groups in total. The maximum atomic E-state index is 12.8. The van der Waals surface area contributed by atoms with E-state index in [2.05, 4.69) is 0 Å². The van der Waals surface area contributed by atoms with Crippen LogP contribution in [-0.4, -0.2) is 52.9 Å². The Kier molecular flexibility index (Phi) is 9.22. The summed E-state index contributed by atoms with van der Waals surface area (Å²) in [5.74, 6) is 2.01. The van der Waals surface area contributed by atoms with Crippen molar-refractivity contribution in [2.75, 3.05) is 40.8 Å². The normalized spacial score (nSPS) is 19.5. The van der Waals surface area contributed by atoms with Gasteiger partial charge < -0.3 is 33.2 Å². The molecule has 2 heterocycles. The number of hydrogen-bond donors (Lipinski definition) is 0. The van der Waals surface area contributed by atoms with Crippen molar-refractivity contribution >= 4 is 5.78 Å². The first kappa shape index (κ1) is 25.3. The first-order chi connectivity index (χ1) is 17.2. The largest absolute Gasteiger partial charge is 0.494 e. The molecule has 35 heavy (non-hydrogen) atoms. The number of rotatable bonds is 12. The molecule has 8 heteroatoms. The van der Waals surface area contributed by atoms with Crippen LogP contribution < -0.4 is 18.9 Å². The van der Waals surface area contributed by atoms with Gasteiger partial charge in [-0.2, -0.15) is 0 Å². The highest BCUT2D eigenvalue weighted by Crippen LogP contribution is 2.46. The van der Waals surface area contributed by atoms with Gasteiger partial charge in [0.25, 0.3) is 0 Å². The Bertz CT molecular complexity index is 952. The van der Waals surface area contributed by atoms with Crippen molar-refractivity contribution in [1.29, 1.82) is 0 Å². The molecule has 2 aliphatic rings. The lowest BCUT2D eigenvalue weighted by molar-refractivity contribution is -0.162. The molecule has 2 aromatic carbocycles. The van der Waals surface area contributed by atoms with Crippen LogP contribution in [0.2, 0.25) is 0 Å². The van der Waals surface area contributed by atoms with Gasteiger partial charge in [0, 0.05) is 20.3 Å². The van der Waals surface area contributed by atoms with Crippen LogP contribution in [0.15, 0.2) is 36.4 Å². The van der Waals surface area contributed by atoms with E-state index in [4.69, 9.17) is 33.2 Å². The molecular formula is C27H34O8. The van der Waals surface area contributed by atoms with Crippen molar-refractivity contribution in [2.24, 2.45) is 0 Å². The Morgan fingerprint density at radius 3 is 2.54 bits per heavy atom. The zero-order valence-corrected chi connectivity index (χ0v) is 20.5. The number of ether oxygens (including phenoxy) is 7. The number of carbonyl (C=O) groups excluding carboxylic acids is 1. The van der Waals surface area contributed by atoms with E-state index < -0.39 is 6.10 Å². The average Bonchev–Trinajstić information content (AvgIpc) is 2.90. The van der Waals surface area contributed by atoms with E-state index in [-0.39, 0.29) is 25.3 Å². The van der Waals surface area contributed by atoms with Crippen molar-refractivity contribution in [3.8, 4) is 23.0 Å². The number of Topliss-reactive ketones (excluding diaryl/α,β-unsaturated/α-hetero) is 1. The topological polar surface area (TPSA) is 81.7 Å². The second-order valence-corrected chi connectivity index (χ2v) is 8.55. The minimum Gasteiger partial charge on any atom is -0.494 e. The van der Waals surface area contributed by atoms with Gasteiger partial charge in [-0.3, -0.25) is 4.79 Å². The molecule has 2 atom stereocenters. The Morgan fingerprint density at radius 2 is 1.80 bits per heavy atom. The van der Waals surface area contributed by atoms with Crippen molar-refractivity contribution in [2.45, 2.75) is 50.9 Å². The Labute approximate surface area is 206 Å². The summed E-state index contributed by atoms with van der Waals surface area (Å²) in [6, 6.07) is 11.1. The molecule has 4 rings (SSSR count). The van der Waals surface area contributed by atoms with Crippen LogP contribution in [0.4, 0.5) is 0 Å². The molecule has 0 saturated carbocycles. The van der Waals surface area contributed by atoms with Crippen LogP contribution in [0.3, 0.4) is 0 Å². The van der Waals surface area contributed by atoms with Gasteiger partial charge in [0.15, 0.2) is 30.4 Å². The number of fused-ring (bicyclic) bond motifs is 1. The molecule has 0 bridgehead atoms. The number of unbranched alkanes of at least 4 members (excludes halogenated alkanes) is 1. The molecule has 0 aliphatic carbocycles. The summed E-state index contributed by atoms with van der Waals surface area (Å²) in [4.78, 5) is 12.8. The lowest BCUT2D eigenvalue weighted by atomic mass is 9.95. The molecule has 2 aliphatic heterocycles. The van der Waals surface area contributed by atoms with Crippen LogP contribution in [0, 0.1) is 0 Å². The molecule has 8 nitrogen and oxygen atoms in total. The van der Waals surface area contributed by atoms with Crippen LogP contribution >= 0.6 is 0 Å². The third-order valence-corrected chi connectivity index (χ3v) is 6.04. The van der Waals surface area contributed by atoms with E-state index in [9.17, 15) is 4.79 Å². The van der Waals surface area contributed by atoms with E-state index in [0.29, 0.717) is 36.0 Å². The number of benzene rings is 2. The number of carbonyl (C=O) groups is 1. The van der Waals surface area contributed by atoms with E-state index in [1.807, 2.05) is 24.3 Å². The number of ketones is 1. The first-order valence-electron chi connectivity index (χ1n) is 12.2. The zero-order valence-electron chi connectivity index (χ0n) is 20.5. The number of methoxy groups -OCH3 is 2. The van der Waals surface area contributed by atoms with Gasteiger partial charge in [-0.05, 0) is 61.9 Å². The van der Waals surface area contributed by atoms with Crippen molar-refractivity contribution in [3.05, 3.63) is 47.5 Å². The molecule has 2 aromatic rings. The summed E-state index contributed by atoms with van der Waals surface area (Å²) < 4.78 is 39.4. The highest BCUT2D eigenvalue weighted by atomic mass is 16.7. The van der Waals surface area contributed by atoms with E-state index in [1.54, 1.807) is 12.1 Å². The summed E-state index contributed by atoms with van der Waals surface area (Å²) in [6.45, 7) is 2.16. The summed E-state index contributed by atoms with van der Waals surface area (Å²) >= 11 is 0. The van der Waals surface area contributed by atoms with Gasteiger partial charge in [-0.1, -0.05) is 12.1 Å². The van der Waals surface area contributed by atoms with Crippen LogP contribution in [0.5, 0.6) is 23.0 Å². The molecule has 0 aromatic heterocycles. The van der Waals surface area contributed by atoms with E-state index in [1.165, 1.54) is 20.6 Å². The molecule has 0 amide bonds. The number of hydrogen-bond acceptors (Lipinski definition) is 8. The average molecular weight is 487 g/mol. The highest BCUT2D eigenvalue weighted by Gasteiger charge is 2.32. The standard InChI is InChI=1S/C27H34O8/c1-29-18-34-23-13-12-21-22(28)17-24(35-26(21)27(23)30-2)19-8-10-20(11-9-19)31-14-5-6-16-33-25-7-3-4-15-32-25/h8-13,24-25H,3-7,14-18H2,1-2H3. The third-order valence-electron chi connectivity index (χ3n) is 6.04. The maximum Gasteiger partial charge on any atom is 0.204 e. The Morgan fingerprint density at radius 1 is 0.971 bits per heavy atom. The highest BCUT2D eigenvalue weighted by molar-refractivity contribution is 6.01. The second-order valence-electron chi connectivity index (χ2n) is 8.55. The van der Waals surface area contributed by atoms with Crippen molar-refractivity contribution in [1.82, 2.24) is 0 Å². The zero-order chi connectivity index (χ0) is 24.5. The summed E-state index contributed by atoms with van der Waals surface area (Å²) in [7, 11) is 3.06. The Balaban J connectivity index is 1.29. The van der Waals surface area contributed by atoms with Crippen molar-refractivity contribution < 1.29 is 38.0 Å². The van der Waals surface area contributed by atoms with Gasteiger partial charge in [0.1, 0.15) is 11.9 Å². The minimum absolute atomic E-state index is 0.00554. The first-order valence-corrected chi connectivity index (χ1v) is 12.2.